The zero-order valence-electron chi connectivity index (χ0n) is 15.3. The lowest BCUT2D eigenvalue weighted by molar-refractivity contribution is -0.137. The molecule has 1 unspecified atom stereocenters. The lowest BCUT2D eigenvalue weighted by Crippen LogP contribution is -2.37. The summed E-state index contributed by atoms with van der Waals surface area (Å²) in [5.41, 5.74) is 0.782. The molecule has 7 heteroatoms. The Bertz CT molecular complexity index is 746. The lowest BCUT2D eigenvalue weighted by Gasteiger charge is -2.15. The van der Waals surface area contributed by atoms with E-state index in [9.17, 15) is 18.0 Å². The molecule has 0 aliphatic heterocycles. The molecule has 2 rings (SSSR count). The molecule has 1 amide bonds. The van der Waals surface area contributed by atoms with Crippen LogP contribution in [-0.4, -0.2) is 25.1 Å². The Morgan fingerprint density at radius 1 is 1.15 bits per heavy atom. The van der Waals surface area contributed by atoms with Gasteiger partial charge in [-0.2, -0.15) is 13.2 Å². The second kappa shape index (κ2) is 9.30. The number of halogens is 3. The summed E-state index contributed by atoms with van der Waals surface area (Å²) in [5.74, 6) is 0.238. The van der Waals surface area contributed by atoms with Crippen LogP contribution in [0.1, 0.15) is 25.0 Å². The van der Waals surface area contributed by atoms with Crippen molar-refractivity contribution in [3.05, 3.63) is 59.7 Å². The number of anilines is 1. The largest absolute Gasteiger partial charge is 0.484 e. The normalized spacial score (nSPS) is 12.3. The van der Waals surface area contributed by atoms with Crippen LogP contribution in [-0.2, 0) is 17.4 Å². The number of benzene rings is 2. The number of carbonyl (C=O) groups is 1. The molecular formula is C20H23F3N2O2. The molecule has 0 spiro atoms. The van der Waals surface area contributed by atoms with Gasteiger partial charge < -0.3 is 15.4 Å². The molecule has 2 N–H and O–H groups in total. The molecule has 4 nitrogen and oxygen atoms in total. The highest BCUT2D eigenvalue weighted by Gasteiger charge is 2.30. The summed E-state index contributed by atoms with van der Waals surface area (Å²) in [6.45, 7) is 4.39. The number of carbonyl (C=O) groups excluding carboxylic acids is 1. The second-order valence-corrected chi connectivity index (χ2v) is 6.21. The number of alkyl halides is 3. The molecule has 0 heterocycles. The summed E-state index contributed by atoms with van der Waals surface area (Å²) >= 11 is 0. The molecular weight excluding hydrogens is 357 g/mol. The Labute approximate surface area is 156 Å². The maximum Gasteiger partial charge on any atom is 0.416 e. The number of hydrogen-bond acceptors (Lipinski definition) is 3. The van der Waals surface area contributed by atoms with Crippen LogP contribution < -0.4 is 15.4 Å². The highest BCUT2D eigenvalue weighted by molar-refractivity contribution is 5.77. The van der Waals surface area contributed by atoms with E-state index in [1.807, 2.05) is 19.1 Å². The predicted molar refractivity (Wildman–Crippen MR) is 98.9 cm³/mol. The van der Waals surface area contributed by atoms with Gasteiger partial charge in [-0.25, -0.2) is 0 Å². The van der Waals surface area contributed by atoms with Gasteiger partial charge in [0.05, 0.1) is 5.56 Å². The van der Waals surface area contributed by atoms with Gasteiger partial charge in [0.2, 0.25) is 0 Å². The summed E-state index contributed by atoms with van der Waals surface area (Å²) in [4.78, 5) is 12.0. The third kappa shape index (κ3) is 6.84. The minimum absolute atomic E-state index is 0.159. The summed E-state index contributed by atoms with van der Waals surface area (Å²) in [6.07, 6.45) is -4.08. The second-order valence-electron chi connectivity index (χ2n) is 6.21. The number of nitrogens with one attached hydrogen (secondary N) is 2. The first-order valence-corrected chi connectivity index (χ1v) is 8.70. The molecule has 0 bridgehead atoms. The van der Waals surface area contributed by atoms with Gasteiger partial charge in [-0.15, -0.1) is 0 Å². The van der Waals surface area contributed by atoms with E-state index in [4.69, 9.17) is 4.74 Å². The van der Waals surface area contributed by atoms with Crippen LogP contribution in [0.25, 0.3) is 0 Å². The summed E-state index contributed by atoms with van der Waals surface area (Å²) in [6, 6.07) is 12.0. The van der Waals surface area contributed by atoms with Crippen molar-refractivity contribution in [3.63, 3.8) is 0 Å². The Balaban J connectivity index is 1.81. The van der Waals surface area contributed by atoms with Crippen molar-refractivity contribution < 1.29 is 22.7 Å². The Kier molecular flexibility index (Phi) is 7.10. The van der Waals surface area contributed by atoms with Crippen molar-refractivity contribution in [2.24, 2.45) is 0 Å². The van der Waals surface area contributed by atoms with Gasteiger partial charge in [-0.05, 0) is 56.2 Å². The predicted octanol–water partition coefficient (Wildman–Crippen LogP) is 4.26. The van der Waals surface area contributed by atoms with Crippen LogP contribution in [0.5, 0.6) is 5.75 Å². The maximum absolute atomic E-state index is 12.8. The first-order valence-electron chi connectivity index (χ1n) is 8.70. The van der Waals surface area contributed by atoms with E-state index >= 15 is 0 Å². The summed E-state index contributed by atoms with van der Waals surface area (Å²) < 4.78 is 43.7. The van der Waals surface area contributed by atoms with Gasteiger partial charge in [0, 0.05) is 18.3 Å². The first kappa shape index (κ1) is 20.6. The van der Waals surface area contributed by atoms with E-state index in [0.29, 0.717) is 17.7 Å². The molecule has 146 valence electrons. The fourth-order valence-corrected chi connectivity index (χ4v) is 2.62. The van der Waals surface area contributed by atoms with Crippen LogP contribution >= 0.6 is 0 Å². The van der Waals surface area contributed by atoms with Crippen molar-refractivity contribution in [2.45, 2.75) is 32.5 Å². The molecule has 0 aromatic heterocycles. The molecule has 0 saturated heterocycles. The SMILES string of the molecule is CCNc1ccc(OCC(=O)NC(C)Cc2cccc(C(F)(F)F)c2)cc1. The Morgan fingerprint density at radius 2 is 1.85 bits per heavy atom. The highest BCUT2D eigenvalue weighted by Crippen LogP contribution is 2.29. The standard InChI is InChI=1S/C20H23F3N2O2/c1-3-24-17-7-9-18(10-8-17)27-13-19(26)25-14(2)11-15-5-4-6-16(12-15)20(21,22)23/h4-10,12,14,24H,3,11,13H2,1-2H3,(H,25,26). The number of amides is 1. The average Bonchev–Trinajstić information content (AvgIpc) is 2.61. The third-order valence-corrected chi connectivity index (χ3v) is 3.81. The van der Waals surface area contributed by atoms with E-state index in [0.717, 1.165) is 24.4 Å². The van der Waals surface area contributed by atoms with E-state index in [1.165, 1.54) is 6.07 Å². The fourth-order valence-electron chi connectivity index (χ4n) is 2.62. The van der Waals surface area contributed by atoms with Crippen molar-refractivity contribution >= 4 is 11.6 Å². The maximum atomic E-state index is 12.8. The van der Waals surface area contributed by atoms with Crippen molar-refractivity contribution in [1.29, 1.82) is 0 Å². The van der Waals surface area contributed by atoms with Crippen LogP contribution in [0.15, 0.2) is 48.5 Å². The third-order valence-electron chi connectivity index (χ3n) is 3.81. The molecule has 1 atom stereocenters. The minimum Gasteiger partial charge on any atom is -0.484 e. The van der Waals surface area contributed by atoms with Crippen LogP contribution in [0, 0.1) is 0 Å². The molecule has 2 aromatic carbocycles. The van der Waals surface area contributed by atoms with E-state index in [-0.39, 0.29) is 18.6 Å². The average molecular weight is 380 g/mol. The molecule has 2 aromatic rings. The Hall–Kier alpha value is -2.70. The monoisotopic (exact) mass is 380 g/mol. The minimum atomic E-state index is -4.38. The molecule has 0 radical (unpaired) electrons. The smallest absolute Gasteiger partial charge is 0.416 e. The zero-order chi connectivity index (χ0) is 19.9. The van der Waals surface area contributed by atoms with Gasteiger partial charge in [-0.3, -0.25) is 4.79 Å². The van der Waals surface area contributed by atoms with E-state index < -0.39 is 11.7 Å². The molecule has 0 fully saturated rings. The molecule has 0 aliphatic carbocycles. The molecule has 0 aliphatic rings. The van der Waals surface area contributed by atoms with Gasteiger partial charge in [0.25, 0.3) is 5.91 Å². The fraction of sp³-hybridized carbons (Fsp3) is 0.350. The lowest BCUT2D eigenvalue weighted by atomic mass is 10.0. The number of rotatable bonds is 8. The van der Waals surface area contributed by atoms with E-state index in [2.05, 4.69) is 10.6 Å². The van der Waals surface area contributed by atoms with Gasteiger partial charge in [0.15, 0.2) is 6.61 Å². The molecule has 0 saturated carbocycles. The van der Waals surface area contributed by atoms with Gasteiger partial charge in [0.1, 0.15) is 5.75 Å². The Morgan fingerprint density at radius 3 is 2.48 bits per heavy atom. The van der Waals surface area contributed by atoms with Gasteiger partial charge in [-0.1, -0.05) is 18.2 Å². The summed E-state index contributed by atoms with van der Waals surface area (Å²) in [7, 11) is 0. The van der Waals surface area contributed by atoms with Crippen LogP contribution in [0.2, 0.25) is 0 Å². The van der Waals surface area contributed by atoms with Crippen molar-refractivity contribution in [1.82, 2.24) is 5.32 Å². The van der Waals surface area contributed by atoms with E-state index in [1.54, 1.807) is 25.1 Å². The van der Waals surface area contributed by atoms with Crippen molar-refractivity contribution in [3.8, 4) is 5.75 Å². The molecule has 27 heavy (non-hydrogen) atoms. The van der Waals surface area contributed by atoms with Crippen LogP contribution in [0.3, 0.4) is 0 Å². The quantitative estimate of drug-likeness (QED) is 0.719. The highest BCUT2D eigenvalue weighted by atomic mass is 19.4. The number of hydrogen-bond donors (Lipinski definition) is 2. The van der Waals surface area contributed by atoms with Crippen molar-refractivity contribution in [2.75, 3.05) is 18.5 Å². The van der Waals surface area contributed by atoms with Crippen LogP contribution in [0.4, 0.5) is 18.9 Å². The van der Waals surface area contributed by atoms with Gasteiger partial charge >= 0.3 is 6.18 Å². The zero-order valence-corrected chi connectivity index (χ0v) is 15.3. The summed E-state index contributed by atoms with van der Waals surface area (Å²) in [5, 5.41) is 5.89. The number of ether oxygens (including phenoxy) is 1. The first-order chi connectivity index (χ1) is 12.8. The topological polar surface area (TPSA) is 50.4 Å².